The zero-order chi connectivity index (χ0) is 11.8. The molecule has 0 saturated carbocycles. The molecule has 3 heteroatoms. The predicted octanol–water partition coefficient (Wildman–Crippen LogP) is 2.70. The summed E-state index contributed by atoms with van der Waals surface area (Å²) in [4.78, 5) is 11.0. The van der Waals surface area contributed by atoms with E-state index < -0.39 is 0 Å². The van der Waals surface area contributed by atoms with E-state index in [0.29, 0.717) is 12.2 Å². The van der Waals surface area contributed by atoms with E-state index in [1.807, 2.05) is 0 Å². The van der Waals surface area contributed by atoms with Crippen LogP contribution < -0.4 is 0 Å². The Morgan fingerprint density at radius 2 is 2.00 bits per heavy atom. The van der Waals surface area contributed by atoms with Crippen LogP contribution in [0.1, 0.15) is 39.0 Å². The number of ether oxygens (including phenoxy) is 2. The lowest BCUT2D eigenvalue weighted by Gasteiger charge is -2.25. The van der Waals surface area contributed by atoms with Gasteiger partial charge in [-0.1, -0.05) is 25.8 Å². The summed E-state index contributed by atoms with van der Waals surface area (Å²) < 4.78 is 10.1. The molecule has 0 atom stereocenters. The molecule has 1 saturated heterocycles. The average molecular weight is 226 g/mol. The minimum Gasteiger partial charge on any atom is -0.462 e. The van der Waals surface area contributed by atoms with Crippen molar-refractivity contribution in [2.45, 2.75) is 39.0 Å². The van der Waals surface area contributed by atoms with Gasteiger partial charge in [0.1, 0.15) is 0 Å². The summed E-state index contributed by atoms with van der Waals surface area (Å²) in [5, 5.41) is 0. The first kappa shape index (κ1) is 13.2. The second kappa shape index (κ2) is 7.44. The van der Waals surface area contributed by atoms with Gasteiger partial charge in [0.2, 0.25) is 0 Å². The zero-order valence-corrected chi connectivity index (χ0v) is 10.2. The van der Waals surface area contributed by atoms with Crippen LogP contribution in [0.3, 0.4) is 0 Å². The summed E-state index contributed by atoms with van der Waals surface area (Å²) in [5.74, 6) is 0.535. The standard InChI is InChI=1S/C13H22O3/c1-11(2)13(14)16-8-6-4-3-5-7-12-9-15-10-12/h12H,1,3-10H2,2H3. The molecule has 0 spiro atoms. The minimum absolute atomic E-state index is 0.272. The Kier molecular flexibility index (Phi) is 6.16. The lowest BCUT2D eigenvalue weighted by atomic mass is 9.99. The number of carbonyl (C=O) groups is 1. The molecule has 0 aromatic carbocycles. The molecule has 0 unspecified atom stereocenters. The summed E-state index contributed by atoms with van der Waals surface area (Å²) in [5.41, 5.74) is 0.477. The van der Waals surface area contributed by atoms with Crippen molar-refractivity contribution < 1.29 is 14.3 Å². The first-order chi connectivity index (χ1) is 7.70. The molecule has 0 bridgehead atoms. The van der Waals surface area contributed by atoms with Crippen LogP contribution >= 0.6 is 0 Å². The Labute approximate surface area is 97.8 Å². The highest BCUT2D eigenvalue weighted by molar-refractivity contribution is 5.86. The number of unbranched alkanes of at least 4 members (excludes halogenated alkanes) is 3. The van der Waals surface area contributed by atoms with Crippen LogP contribution in [-0.2, 0) is 14.3 Å². The Hall–Kier alpha value is -0.830. The van der Waals surface area contributed by atoms with Crippen LogP contribution in [0.2, 0.25) is 0 Å². The highest BCUT2D eigenvalue weighted by Gasteiger charge is 2.16. The van der Waals surface area contributed by atoms with E-state index in [9.17, 15) is 4.79 Å². The number of hydrogen-bond donors (Lipinski definition) is 0. The topological polar surface area (TPSA) is 35.5 Å². The summed E-state index contributed by atoms with van der Waals surface area (Å²) in [6, 6.07) is 0. The molecule has 1 aliphatic rings. The Bertz CT molecular complexity index is 231. The van der Waals surface area contributed by atoms with Gasteiger partial charge in [0, 0.05) is 11.5 Å². The average Bonchev–Trinajstić information content (AvgIpc) is 2.18. The van der Waals surface area contributed by atoms with E-state index in [1.54, 1.807) is 6.92 Å². The molecule has 0 radical (unpaired) electrons. The van der Waals surface area contributed by atoms with Crippen molar-refractivity contribution in [3.63, 3.8) is 0 Å². The lowest BCUT2D eigenvalue weighted by Crippen LogP contribution is -2.27. The highest BCUT2D eigenvalue weighted by Crippen LogP contribution is 2.18. The van der Waals surface area contributed by atoms with E-state index in [0.717, 1.165) is 32.0 Å². The first-order valence-corrected chi connectivity index (χ1v) is 6.10. The summed E-state index contributed by atoms with van der Waals surface area (Å²) in [6.45, 7) is 7.64. The van der Waals surface area contributed by atoms with Crippen molar-refractivity contribution in [3.8, 4) is 0 Å². The van der Waals surface area contributed by atoms with Crippen LogP contribution in [0.5, 0.6) is 0 Å². The van der Waals surface area contributed by atoms with Gasteiger partial charge in [-0.25, -0.2) is 4.79 Å². The van der Waals surface area contributed by atoms with Crippen molar-refractivity contribution in [1.82, 2.24) is 0 Å². The van der Waals surface area contributed by atoms with E-state index in [-0.39, 0.29) is 5.97 Å². The van der Waals surface area contributed by atoms with Crippen LogP contribution in [0.15, 0.2) is 12.2 Å². The van der Waals surface area contributed by atoms with Crippen molar-refractivity contribution >= 4 is 5.97 Å². The molecule has 1 fully saturated rings. The van der Waals surface area contributed by atoms with Crippen molar-refractivity contribution in [1.29, 1.82) is 0 Å². The quantitative estimate of drug-likeness (QED) is 0.362. The van der Waals surface area contributed by atoms with Gasteiger partial charge >= 0.3 is 5.97 Å². The largest absolute Gasteiger partial charge is 0.462 e. The number of esters is 1. The predicted molar refractivity (Wildman–Crippen MR) is 63.2 cm³/mol. The third-order valence-corrected chi connectivity index (χ3v) is 2.80. The van der Waals surface area contributed by atoms with Gasteiger partial charge in [-0.05, 0) is 19.8 Å². The molecule has 3 nitrogen and oxygen atoms in total. The molecule has 16 heavy (non-hydrogen) atoms. The second-order valence-corrected chi connectivity index (χ2v) is 4.52. The fourth-order valence-corrected chi connectivity index (χ4v) is 1.63. The van der Waals surface area contributed by atoms with E-state index in [4.69, 9.17) is 9.47 Å². The molecule has 1 rings (SSSR count). The van der Waals surface area contributed by atoms with E-state index in [2.05, 4.69) is 6.58 Å². The maximum absolute atomic E-state index is 11.0. The van der Waals surface area contributed by atoms with Crippen molar-refractivity contribution in [3.05, 3.63) is 12.2 Å². The van der Waals surface area contributed by atoms with Crippen molar-refractivity contribution in [2.75, 3.05) is 19.8 Å². The van der Waals surface area contributed by atoms with Gasteiger partial charge in [0.05, 0.1) is 19.8 Å². The van der Waals surface area contributed by atoms with Gasteiger partial charge in [0.25, 0.3) is 0 Å². The highest BCUT2D eigenvalue weighted by atomic mass is 16.5. The Morgan fingerprint density at radius 1 is 1.31 bits per heavy atom. The van der Waals surface area contributed by atoms with Crippen LogP contribution in [0, 0.1) is 5.92 Å². The smallest absolute Gasteiger partial charge is 0.333 e. The molecule has 1 aliphatic heterocycles. The molecule has 1 heterocycles. The molecule has 0 aliphatic carbocycles. The minimum atomic E-state index is -0.272. The van der Waals surface area contributed by atoms with Gasteiger partial charge in [-0.3, -0.25) is 0 Å². The lowest BCUT2D eigenvalue weighted by molar-refractivity contribution is -0.139. The SMILES string of the molecule is C=C(C)C(=O)OCCCCCCC1COC1. The molecule has 0 amide bonds. The van der Waals surface area contributed by atoms with Gasteiger partial charge < -0.3 is 9.47 Å². The maximum atomic E-state index is 11.0. The fraction of sp³-hybridized carbons (Fsp3) is 0.769. The first-order valence-electron chi connectivity index (χ1n) is 6.10. The molecular weight excluding hydrogens is 204 g/mol. The van der Waals surface area contributed by atoms with Gasteiger partial charge in [-0.2, -0.15) is 0 Å². The third-order valence-electron chi connectivity index (χ3n) is 2.80. The third kappa shape index (κ3) is 5.31. The molecular formula is C13H22O3. The Morgan fingerprint density at radius 3 is 2.56 bits per heavy atom. The fourth-order valence-electron chi connectivity index (χ4n) is 1.63. The van der Waals surface area contributed by atoms with Crippen LogP contribution in [-0.4, -0.2) is 25.8 Å². The molecule has 0 N–H and O–H groups in total. The summed E-state index contributed by atoms with van der Waals surface area (Å²) in [7, 11) is 0. The summed E-state index contributed by atoms with van der Waals surface area (Å²) in [6.07, 6.45) is 5.87. The van der Waals surface area contributed by atoms with E-state index in [1.165, 1.54) is 19.3 Å². The maximum Gasteiger partial charge on any atom is 0.333 e. The van der Waals surface area contributed by atoms with E-state index >= 15 is 0 Å². The second-order valence-electron chi connectivity index (χ2n) is 4.52. The monoisotopic (exact) mass is 226 g/mol. The molecule has 0 aromatic rings. The number of rotatable bonds is 8. The Balaban J connectivity index is 1.80. The molecule has 92 valence electrons. The zero-order valence-electron chi connectivity index (χ0n) is 10.2. The van der Waals surface area contributed by atoms with Crippen LogP contribution in [0.25, 0.3) is 0 Å². The number of carbonyl (C=O) groups excluding carboxylic acids is 1. The van der Waals surface area contributed by atoms with Gasteiger partial charge in [0.15, 0.2) is 0 Å². The van der Waals surface area contributed by atoms with Crippen LogP contribution in [0.4, 0.5) is 0 Å². The number of hydrogen-bond acceptors (Lipinski definition) is 3. The van der Waals surface area contributed by atoms with Crippen molar-refractivity contribution in [2.24, 2.45) is 5.92 Å². The van der Waals surface area contributed by atoms with Gasteiger partial charge in [-0.15, -0.1) is 0 Å². The molecule has 0 aromatic heterocycles. The summed E-state index contributed by atoms with van der Waals surface area (Å²) >= 11 is 0. The normalized spacial score (nSPS) is 15.6.